The van der Waals surface area contributed by atoms with Gasteiger partial charge in [-0.1, -0.05) is 0 Å². The van der Waals surface area contributed by atoms with Crippen molar-refractivity contribution in [3.05, 3.63) is 18.2 Å². The molecule has 1 rings (SSSR count). The van der Waals surface area contributed by atoms with Gasteiger partial charge in [-0.25, -0.2) is 9.59 Å². The molecule has 0 radical (unpaired) electrons. The number of esters is 2. The van der Waals surface area contributed by atoms with Gasteiger partial charge in [0.25, 0.3) is 5.71 Å². The molecule has 0 saturated heterocycles. The molecule has 0 aliphatic carbocycles. The Labute approximate surface area is 128 Å². The third-order valence-corrected chi connectivity index (χ3v) is 2.48. The van der Waals surface area contributed by atoms with Crippen molar-refractivity contribution in [2.24, 2.45) is 5.10 Å². The summed E-state index contributed by atoms with van der Waals surface area (Å²) in [6.45, 7) is 3.47. The molecule has 0 aliphatic heterocycles. The van der Waals surface area contributed by atoms with Gasteiger partial charge in [0.05, 0.1) is 31.7 Å². The number of anilines is 2. The second-order valence-corrected chi connectivity index (χ2v) is 3.97. The van der Waals surface area contributed by atoms with Crippen molar-refractivity contribution in [2.75, 3.05) is 31.5 Å². The van der Waals surface area contributed by atoms with Crippen LogP contribution in [0.2, 0.25) is 0 Å². The summed E-state index contributed by atoms with van der Waals surface area (Å²) in [5.41, 5.74) is 8.62. The van der Waals surface area contributed by atoms with Gasteiger partial charge in [0.2, 0.25) is 0 Å². The number of hydrazone groups is 1. The van der Waals surface area contributed by atoms with Crippen LogP contribution in [0.15, 0.2) is 23.3 Å². The van der Waals surface area contributed by atoms with Crippen molar-refractivity contribution < 1.29 is 23.8 Å². The average molecular weight is 309 g/mol. The Kier molecular flexibility index (Phi) is 6.68. The molecule has 0 unspecified atom stereocenters. The van der Waals surface area contributed by atoms with Gasteiger partial charge >= 0.3 is 11.9 Å². The fourth-order valence-electron chi connectivity index (χ4n) is 1.46. The van der Waals surface area contributed by atoms with Crippen LogP contribution >= 0.6 is 0 Å². The van der Waals surface area contributed by atoms with Crippen LogP contribution in [0.3, 0.4) is 0 Å². The van der Waals surface area contributed by atoms with Crippen molar-refractivity contribution in [3.63, 3.8) is 0 Å². The van der Waals surface area contributed by atoms with Crippen LogP contribution in [0.5, 0.6) is 5.75 Å². The molecule has 0 aliphatic rings. The van der Waals surface area contributed by atoms with Gasteiger partial charge in [-0.2, -0.15) is 5.10 Å². The second-order valence-electron chi connectivity index (χ2n) is 3.97. The standard InChI is InChI=1S/C14H19N3O5/c1-4-21-13(18)12(14(19)22-5-2)17-16-11-7-6-9(20-3)8-10(11)15/h6-8,16H,4-5,15H2,1-3H3. The van der Waals surface area contributed by atoms with Gasteiger partial charge in [-0.05, 0) is 26.0 Å². The molecular weight excluding hydrogens is 290 g/mol. The maximum Gasteiger partial charge on any atom is 0.366 e. The third kappa shape index (κ3) is 4.65. The summed E-state index contributed by atoms with van der Waals surface area (Å²) in [5, 5.41) is 3.74. The Morgan fingerprint density at radius 1 is 1.18 bits per heavy atom. The zero-order chi connectivity index (χ0) is 16.5. The van der Waals surface area contributed by atoms with Crippen molar-refractivity contribution in [3.8, 4) is 5.75 Å². The lowest BCUT2D eigenvalue weighted by atomic mass is 10.2. The highest BCUT2D eigenvalue weighted by Gasteiger charge is 2.23. The molecule has 0 heterocycles. The molecule has 22 heavy (non-hydrogen) atoms. The SMILES string of the molecule is CCOC(=O)C(=NNc1ccc(OC)cc1N)C(=O)OCC. The number of hydrogen-bond donors (Lipinski definition) is 2. The molecule has 1 aromatic carbocycles. The number of nitrogens with one attached hydrogen (secondary N) is 1. The van der Waals surface area contributed by atoms with Gasteiger partial charge in [0, 0.05) is 6.07 Å². The van der Waals surface area contributed by atoms with Crippen LogP contribution in [-0.4, -0.2) is 38.0 Å². The van der Waals surface area contributed by atoms with Gasteiger partial charge in [-0.3, -0.25) is 5.43 Å². The van der Waals surface area contributed by atoms with E-state index in [4.69, 9.17) is 19.9 Å². The maximum absolute atomic E-state index is 11.7. The minimum absolute atomic E-state index is 0.113. The number of carbonyl (C=O) groups is 2. The first kappa shape index (κ1) is 17.3. The number of methoxy groups -OCH3 is 1. The van der Waals surface area contributed by atoms with E-state index in [1.54, 1.807) is 32.0 Å². The highest BCUT2D eigenvalue weighted by molar-refractivity contribution is 6.62. The summed E-state index contributed by atoms with van der Waals surface area (Å²) in [6, 6.07) is 4.83. The number of hydrogen-bond acceptors (Lipinski definition) is 8. The minimum atomic E-state index is -0.875. The predicted molar refractivity (Wildman–Crippen MR) is 81.7 cm³/mol. The summed E-state index contributed by atoms with van der Waals surface area (Å²) in [5.74, 6) is -1.18. The summed E-state index contributed by atoms with van der Waals surface area (Å²) >= 11 is 0. The molecule has 0 atom stereocenters. The van der Waals surface area contributed by atoms with Gasteiger partial charge < -0.3 is 19.9 Å². The third-order valence-electron chi connectivity index (χ3n) is 2.48. The molecule has 0 aromatic heterocycles. The lowest BCUT2D eigenvalue weighted by Crippen LogP contribution is -2.29. The Morgan fingerprint density at radius 2 is 1.77 bits per heavy atom. The molecule has 8 nitrogen and oxygen atoms in total. The molecule has 120 valence electrons. The first-order valence-corrected chi connectivity index (χ1v) is 6.64. The fraction of sp³-hybridized carbons (Fsp3) is 0.357. The Bertz CT molecular complexity index is 552. The molecule has 8 heteroatoms. The molecule has 1 aromatic rings. The van der Waals surface area contributed by atoms with Gasteiger partial charge in [0.15, 0.2) is 0 Å². The number of carbonyl (C=O) groups excluding carboxylic acids is 2. The zero-order valence-corrected chi connectivity index (χ0v) is 12.7. The van der Waals surface area contributed by atoms with E-state index in [0.717, 1.165) is 0 Å². The number of benzene rings is 1. The predicted octanol–water partition coefficient (Wildman–Crippen LogP) is 1.17. The topological polar surface area (TPSA) is 112 Å². The van der Waals surface area contributed by atoms with Crippen LogP contribution < -0.4 is 15.9 Å². The lowest BCUT2D eigenvalue weighted by molar-refractivity contribution is -0.140. The lowest BCUT2D eigenvalue weighted by Gasteiger charge is -2.09. The summed E-state index contributed by atoms with van der Waals surface area (Å²) in [4.78, 5) is 23.4. The number of nitrogens with zero attached hydrogens (tertiary/aromatic N) is 1. The molecule has 0 fully saturated rings. The number of nitrogens with two attached hydrogens (primary N) is 1. The highest BCUT2D eigenvalue weighted by Crippen LogP contribution is 2.23. The molecule has 0 bridgehead atoms. The molecular formula is C14H19N3O5. The minimum Gasteiger partial charge on any atom is -0.497 e. The van der Waals surface area contributed by atoms with E-state index in [9.17, 15) is 9.59 Å². The fourth-order valence-corrected chi connectivity index (χ4v) is 1.46. The molecule has 0 amide bonds. The van der Waals surface area contributed by atoms with Crippen LogP contribution in [0.25, 0.3) is 0 Å². The summed E-state index contributed by atoms with van der Waals surface area (Å²) in [6.07, 6.45) is 0. The van der Waals surface area contributed by atoms with Gasteiger partial charge in [-0.15, -0.1) is 0 Å². The van der Waals surface area contributed by atoms with E-state index in [0.29, 0.717) is 17.1 Å². The zero-order valence-electron chi connectivity index (χ0n) is 12.7. The Morgan fingerprint density at radius 3 is 2.23 bits per heavy atom. The number of nitrogen functional groups attached to an aromatic ring is 1. The van der Waals surface area contributed by atoms with Crippen molar-refractivity contribution in [1.29, 1.82) is 0 Å². The van der Waals surface area contributed by atoms with Crippen LogP contribution in [0.4, 0.5) is 11.4 Å². The summed E-state index contributed by atoms with van der Waals surface area (Å²) in [7, 11) is 1.51. The quantitative estimate of drug-likeness (QED) is 0.255. The van der Waals surface area contributed by atoms with Crippen LogP contribution in [0, 0.1) is 0 Å². The van der Waals surface area contributed by atoms with E-state index < -0.39 is 17.7 Å². The van der Waals surface area contributed by atoms with Crippen LogP contribution in [-0.2, 0) is 19.1 Å². The van der Waals surface area contributed by atoms with Gasteiger partial charge in [0.1, 0.15) is 5.75 Å². The van der Waals surface area contributed by atoms with Crippen molar-refractivity contribution in [1.82, 2.24) is 0 Å². The summed E-state index contributed by atoms with van der Waals surface area (Å²) < 4.78 is 14.6. The molecule has 0 spiro atoms. The molecule has 3 N–H and O–H groups in total. The maximum atomic E-state index is 11.7. The van der Waals surface area contributed by atoms with Crippen molar-refractivity contribution >= 4 is 29.0 Å². The smallest absolute Gasteiger partial charge is 0.366 e. The first-order valence-electron chi connectivity index (χ1n) is 6.64. The average Bonchev–Trinajstić information content (AvgIpc) is 2.49. The number of rotatable bonds is 7. The van der Waals surface area contributed by atoms with Crippen molar-refractivity contribution in [2.45, 2.75) is 13.8 Å². The first-order chi connectivity index (χ1) is 10.5. The van der Waals surface area contributed by atoms with E-state index in [-0.39, 0.29) is 13.2 Å². The highest BCUT2D eigenvalue weighted by atomic mass is 16.6. The Balaban J connectivity index is 2.97. The molecule has 0 saturated carbocycles. The number of ether oxygens (including phenoxy) is 3. The van der Waals surface area contributed by atoms with Crippen LogP contribution in [0.1, 0.15) is 13.8 Å². The second kappa shape index (κ2) is 8.50. The van der Waals surface area contributed by atoms with E-state index in [1.807, 2.05) is 0 Å². The normalized spacial score (nSPS) is 9.59. The Hall–Kier alpha value is -2.77. The van der Waals surface area contributed by atoms with E-state index in [1.165, 1.54) is 7.11 Å². The van der Waals surface area contributed by atoms with E-state index >= 15 is 0 Å². The van der Waals surface area contributed by atoms with E-state index in [2.05, 4.69) is 10.5 Å². The monoisotopic (exact) mass is 309 g/mol. The largest absolute Gasteiger partial charge is 0.497 e.